The van der Waals surface area contributed by atoms with Crippen molar-refractivity contribution in [1.29, 1.82) is 0 Å². The van der Waals surface area contributed by atoms with Gasteiger partial charge in [-0.3, -0.25) is 0 Å². The summed E-state index contributed by atoms with van der Waals surface area (Å²) in [6, 6.07) is 5.93. The van der Waals surface area contributed by atoms with Crippen LogP contribution in [-0.4, -0.2) is 32.0 Å². The number of ether oxygens (including phenoxy) is 2. The molecule has 1 aromatic carbocycles. The molecular formula is C13H20O3. The number of aryl methyl sites for hydroxylation is 1. The van der Waals surface area contributed by atoms with Crippen molar-refractivity contribution in [2.45, 2.75) is 20.0 Å². The van der Waals surface area contributed by atoms with E-state index < -0.39 is 6.10 Å². The van der Waals surface area contributed by atoms with E-state index in [-0.39, 0.29) is 0 Å². The zero-order valence-corrected chi connectivity index (χ0v) is 10.2. The lowest BCUT2D eigenvalue weighted by Crippen LogP contribution is -2.11. The van der Waals surface area contributed by atoms with E-state index in [1.807, 2.05) is 32.0 Å². The Morgan fingerprint density at radius 1 is 1.25 bits per heavy atom. The molecule has 0 bridgehead atoms. The smallest absolute Gasteiger partial charge is 0.103 e. The molecule has 0 saturated carbocycles. The number of methoxy groups -OCH3 is 1. The third kappa shape index (κ3) is 3.59. The molecule has 0 aliphatic heterocycles. The first-order valence-corrected chi connectivity index (χ1v) is 5.47. The van der Waals surface area contributed by atoms with E-state index >= 15 is 0 Å². The topological polar surface area (TPSA) is 38.7 Å². The Balaban J connectivity index is 2.52. The lowest BCUT2D eigenvalue weighted by Gasteiger charge is -2.15. The summed E-state index contributed by atoms with van der Waals surface area (Å²) in [4.78, 5) is 0. The molecule has 0 spiro atoms. The first-order valence-electron chi connectivity index (χ1n) is 5.47. The van der Waals surface area contributed by atoms with Crippen molar-refractivity contribution in [3.63, 3.8) is 0 Å². The van der Waals surface area contributed by atoms with Crippen molar-refractivity contribution in [1.82, 2.24) is 0 Å². The number of hydrogen-bond donors (Lipinski definition) is 1. The molecule has 0 radical (unpaired) electrons. The molecule has 0 aliphatic rings. The van der Waals surface area contributed by atoms with Gasteiger partial charge in [0.1, 0.15) is 6.10 Å². The maximum absolute atomic E-state index is 9.96. The van der Waals surface area contributed by atoms with Crippen molar-refractivity contribution < 1.29 is 14.6 Å². The summed E-state index contributed by atoms with van der Waals surface area (Å²) in [6.45, 7) is 5.44. The van der Waals surface area contributed by atoms with Gasteiger partial charge in [0.2, 0.25) is 0 Å². The van der Waals surface area contributed by atoms with Gasteiger partial charge in [-0.25, -0.2) is 0 Å². The van der Waals surface area contributed by atoms with Crippen molar-refractivity contribution in [2.75, 3.05) is 26.9 Å². The van der Waals surface area contributed by atoms with Crippen LogP contribution in [0.15, 0.2) is 18.2 Å². The van der Waals surface area contributed by atoms with Gasteiger partial charge in [-0.2, -0.15) is 0 Å². The molecular weight excluding hydrogens is 204 g/mol. The molecule has 0 saturated heterocycles. The molecule has 1 unspecified atom stereocenters. The van der Waals surface area contributed by atoms with Crippen LogP contribution in [0.2, 0.25) is 0 Å². The fourth-order valence-electron chi connectivity index (χ4n) is 1.56. The Morgan fingerprint density at radius 3 is 2.69 bits per heavy atom. The third-order valence-corrected chi connectivity index (χ3v) is 2.71. The van der Waals surface area contributed by atoms with E-state index in [1.54, 1.807) is 7.11 Å². The summed E-state index contributed by atoms with van der Waals surface area (Å²) in [6.07, 6.45) is -0.559. The first-order chi connectivity index (χ1) is 7.66. The Hall–Kier alpha value is -0.900. The number of aliphatic hydroxyl groups is 1. The lowest BCUT2D eigenvalue weighted by atomic mass is 10.00. The lowest BCUT2D eigenvalue weighted by molar-refractivity contribution is 0.0124. The highest BCUT2D eigenvalue weighted by atomic mass is 16.5. The number of aliphatic hydroxyl groups excluding tert-OH is 1. The SMILES string of the molecule is COCCOCC(O)c1cccc(C)c1C. The normalized spacial score (nSPS) is 12.8. The van der Waals surface area contributed by atoms with Gasteiger partial charge in [0.15, 0.2) is 0 Å². The first kappa shape index (κ1) is 13.2. The van der Waals surface area contributed by atoms with Gasteiger partial charge in [0.25, 0.3) is 0 Å². The summed E-state index contributed by atoms with van der Waals surface area (Å²) in [5.41, 5.74) is 3.26. The van der Waals surface area contributed by atoms with Gasteiger partial charge in [-0.05, 0) is 30.5 Å². The van der Waals surface area contributed by atoms with Crippen LogP contribution in [0, 0.1) is 13.8 Å². The van der Waals surface area contributed by atoms with Crippen LogP contribution < -0.4 is 0 Å². The molecule has 1 aromatic rings. The Bertz CT molecular complexity index is 323. The summed E-state index contributed by atoms with van der Waals surface area (Å²) in [7, 11) is 1.63. The Kier molecular flexibility index (Phi) is 5.46. The zero-order chi connectivity index (χ0) is 12.0. The molecule has 3 nitrogen and oxygen atoms in total. The second-order valence-electron chi connectivity index (χ2n) is 3.87. The van der Waals surface area contributed by atoms with Gasteiger partial charge < -0.3 is 14.6 Å². The van der Waals surface area contributed by atoms with Gasteiger partial charge in [-0.1, -0.05) is 18.2 Å². The maximum Gasteiger partial charge on any atom is 0.103 e. The minimum atomic E-state index is -0.559. The van der Waals surface area contributed by atoms with E-state index in [1.165, 1.54) is 5.56 Å². The molecule has 1 rings (SSSR count). The van der Waals surface area contributed by atoms with E-state index in [0.717, 1.165) is 11.1 Å². The molecule has 16 heavy (non-hydrogen) atoms. The van der Waals surface area contributed by atoms with E-state index in [4.69, 9.17) is 9.47 Å². The molecule has 3 heteroatoms. The van der Waals surface area contributed by atoms with Crippen molar-refractivity contribution in [2.24, 2.45) is 0 Å². The second kappa shape index (κ2) is 6.63. The summed E-state index contributed by atoms with van der Waals surface area (Å²) < 4.78 is 10.2. The van der Waals surface area contributed by atoms with Crippen LogP contribution in [-0.2, 0) is 9.47 Å². The standard InChI is InChI=1S/C13H20O3/c1-10-5-4-6-12(11(10)2)13(14)9-16-8-7-15-3/h4-6,13-14H,7-9H2,1-3H3. The predicted octanol–water partition coefficient (Wildman–Crippen LogP) is 2.00. The number of benzene rings is 1. The Labute approximate surface area is 97.0 Å². The average Bonchev–Trinajstić information content (AvgIpc) is 2.28. The van der Waals surface area contributed by atoms with Crippen molar-refractivity contribution in [3.05, 3.63) is 34.9 Å². The molecule has 90 valence electrons. The fourth-order valence-corrected chi connectivity index (χ4v) is 1.56. The van der Waals surface area contributed by atoms with Gasteiger partial charge >= 0.3 is 0 Å². The predicted molar refractivity (Wildman–Crippen MR) is 63.6 cm³/mol. The third-order valence-electron chi connectivity index (χ3n) is 2.71. The van der Waals surface area contributed by atoms with Crippen molar-refractivity contribution >= 4 is 0 Å². The molecule has 0 aliphatic carbocycles. The molecule has 1 N–H and O–H groups in total. The van der Waals surface area contributed by atoms with Crippen LogP contribution >= 0.6 is 0 Å². The van der Waals surface area contributed by atoms with Gasteiger partial charge in [0.05, 0.1) is 19.8 Å². The largest absolute Gasteiger partial charge is 0.386 e. The molecule has 0 fully saturated rings. The minimum Gasteiger partial charge on any atom is -0.386 e. The average molecular weight is 224 g/mol. The summed E-state index contributed by atoms with van der Waals surface area (Å²) in [5, 5.41) is 9.96. The highest BCUT2D eigenvalue weighted by molar-refractivity contribution is 5.34. The van der Waals surface area contributed by atoms with E-state index in [9.17, 15) is 5.11 Å². The molecule has 1 atom stereocenters. The van der Waals surface area contributed by atoms with E-state index in [0.29, 0.717) is 19.8 Å². The number of hydrogen-bond acceptors (Lipinski definition) is 3. The maximum atomic E-state index is 9.96. The number of rotatable bonds is 6. The Morgan fingerprint density at radius 2 is 2.00 bits per heavy atom. The van der Waals surface area contributed by atoms with Crippen LogP contribution in [0.3, 0.4) is 0 Å². The molecule has 0 aromatic heterocycles. The highest BCUT2D eigenvalue weighted by Crippen LogP contribution is 2.20. The minimum absolute atomic E-state index is 0.313. The molecule has 0 heterocycles. The second-order valence-corrected chi connectivity index (χ2v) is 3.87. The monoisotopic (exact) mass is 224 g/mol. The van der Waals surface area contributed by atoms with Gasteiger partial charge in [-0.15, -0.1) is 0 Å². The quantitative estimate of drug-likeness (QED) is 0.751. The van der Waals surface area contributed by atoms with Crippen LogP contribution in [0.5, 0.6) is 0 Å². The fraction of sp³-hybridized carbons (Fsp3) is 0.538. The van der Waals surface area contributed by atoms with Gasteiger partial charge in [0, 0.05) is 7.11 Å². The van der Waals surface area contributed by atoms with Crippen LogP contribution in [0.25, 0.3) is 0 Å². The zero-order valence-electron chi connectivity index (χ0n) is 10.2. The van der Waals surface area contributed by atoms with Crippen LogP contribution in [0.1, 0.15) is 22.8 Å². The summed E-state index contributed by atoms with van der Waals surface area (Å²) in [5.74, 6) is 0. The molecule has 0 amide bonds. The summed E-state index contributed by atoms with van der Waals surface area (Å²) >= 11 is 0. The van der Waals surface area contributed by atoms with Crippen LogP contribution in [0.4, 0.5) is 0 Å². The van der Waals surface area contributed by atoms with E-state index in [2.05, 4.69) is 0 Å². The van der Waals surface area contributed by atoms with Crippen molar-refractivity contribution in [3.8, 4) is 0 Å². The highest BCUT2D eigenvalue weighted by Gasteiger charge is 2.11.